The minimum absolute atomic E-state index is 0.00786. The molecular weight excluding hydrogens is 344 g/mol. The summed E-state index contributed by atoms with van der Waals surface area (Å²) in [5, 5.41) is 0. The van der Waals surface area contributed by atoms with Crippen molar-refractivity contribution in [1.82, 2.24) is 9.88 Å². The topological polar surface area (TPSA) is 64.8 Å². The second-order valence-electron chi connectivity index (χ2n) is 6.61. The van der Waals surface area contributed by atoms with E-state index in [4.69, 9.17) is 13.9 Å². The van der Waals surface area contributed by atoms with Gasteiger partial charge in [-0.1, -0.05) is 24.3 Å². The molecule has 27 heavy (non-hydrogen) atoms. The summed E-state index contributed by atoms with van der Waals surface area (Å²) < 4.78 is 16.8. The largest absolute Gasteiger partial charge is 0.493 e. The van der Waals surface area contributed by atoms with E-state index < -0.39 is 0 Å². The molecular formula is C21H22N2O4. The van der Waals surface area contributed by atoms with Gasteiger partial charge in [-0.3, -0.25) is 4.79 Å². The average Bonchev–Trinajstić information content (AvgIpc) is 3.16. The number of para-hydroxylation sites is 4. The fraction of sp³-hybridized carbons (Fsp3) is 0.333. The number of benzene rings is 2. The van der Waals surface area contributed by atoms with Gasteiger partial charge >= 0.3 is 0 Å². The van der Waals surface area contributed by atoms with E-state index in [1.807, 2.05) is 47.4 Å². The highest BCUT2D eigenvalue weighted by Crippen LogP contribution is 2.30. The first-order valence-electron chi connectivity index (χ1n) is 9.13. The van der Waals surface area contributed by atoms with Gasteiger partial charge in [0.1, 0.15) is 5.52 Å². The molecule has 1 aliphatic rings. The van der Waals surface area contributed by atoms with Crippen LogP contribution < -0.4 is 9.47 Å². The number of carbonyl (C=O) groups is 1. The number of ether oxygens (including phenoxy) is 2. The number of hydrogen-bond acceptors (Lipinski definition) is 5. The quantitative estimate of drug-likeness (QED) is 0.690. The van der Waals surface area contributed by atoms with Gasteiger partial charge in [0.2, 0.25) is 0 Å². The van der Waals surface area contributed by atoms with Crippen LogP contribution in [0.3, 0.4) is 0 Å². The summed E-state index contributed by atoms with van der Waals surface area (Å²) in [6.07, 6.45) is 1.68. The molecule has 140 valence electrons. The minimum Gasteiger partial charge on any atom is -0.493 e. The number of oxazole rings is 1. The van der Waals surface area contributed by atoms with E-state index in [0.29, 0.717) is 24.6 Å². The zero-order chi connectivity index (χ0) is 18.6. The Morgan fingerprint density at radius 3 is 2.56 bits per heavy atom. The normalized spacial score (nSPS) is 15.1. The van der Waals surface area contributed by atoms with Crippen molar-refractivity contribution >= 4 is 17.0 Å². The molecule has 0 saturated carbocycles. The van der Waals surface area contributed by atoms with Crippen LogP contribution in [0.2, 0.25) is 0 Å². The lowest BCUT2D eigenvalue weighted by molar-refractivity contribution is -0.134. The van der Waals surface area contributed by atoms with Crippen LogP contribution in [0.4, 0.5) is 0 Å². The van der Waals surface area contributed by atoms with Crippen LogP contribution >= 0.6 is 0 Å². The maximum atomic E-state index is 12.5. The van der Waals surface area contributed by atoms with Crippen molar-refractivity contribution in [1.29, 1.82) is 0 Å². The SMILES string of the molecule is COc1ccccc1OCC(=O)N1CCC(c2nc3ccccc3o2)CC1. The molecule has 2 aromatic carbocycles. The van der Waals surface area contributed by atoms with Crippen LogP contribution in [-0.2, 0) is 4.79 Å². The van der Waals surface area contributed by atoms with Gasteiger partial charge < -0.3 is 18.8 Å². The van der Waals surface area contributed by atoms with E-state index in [0.717, 1.165) is 29.8 Å². The third-order valence-corrected chi connectivity index (χ3v) is 4.93. The summed E-state index contributed by atoms with van der Waals surface area (Å²) in [7, 11) is 1.58. The molecule has 4 rings (SSSR count). The van der Waals surface area contributed by atoms with Crippen molar-refractivity contribution in [2.75, 3.05) is 26.8 Å². The number of fused-ring (bicyclic) bond motifs is 1. The lowest BCUT2D eigenvalue weighted by Gasteiger charge is -2.30. The molecule has 0 atom stereocenters. The van der Waals surface area contributed by atoms with Crippen LogP contribution in [0.1, 0.15) is 24.7 Å². The Balaban J connectivity index is 1.32. The molecule has 1 amide bonds. The molecule has 0 unspecified atom stereocenters. The number of nitrogens with zero attached hydrogens (tertiary/aromatic N) is 2. The lowest BCUT2D eigenvalue weighted by atomic mass is 9.97. The van der Waals surface area contributed by atoms with Gasteiger partial charge in [-0.25, -0.2) is 4.98 Å². The summed E-state index contributed by atoms with van der Waals surface area (Å²) >= 11 is 0. The lowest BCUT2D eigenvalue weighted by Crippen LogP contribution is -2.40. The Labute approximate surface area is 157 Å². The number of aromatic nitrogens is 1. The molecule has 0 spiro atoms. The molecule has 0 radical (unpaired) electrons. The van der Waals surface area contributed by atoms with Crippen LogP contribution in [-0.4, -0.2) is 42.6 Å². The second kappa shape index (κ2) is 7.70. The second-order valence-corrected chi connectivity index (χ2v) is 6.61. The van der Waals surface area contributed by atoms with Crippen molar-refractivity contribution in [2.24, 2.45) is 0 Å². The van der Waals surface area contributed by atoms with Crippen LogP contribution in [0, 0.1) is 0 Å². The predicted octanol–water partition coefficient (Wildman–Crippen LogP) is 3.62. The van der Waals surface area contributed by atoms with Gasteiger partial charge in [0.05, 0.1) is 7.11 Å². The Kier molecular flexibility index (Phi) is 4.96. The van der Waals surface area contributed by atoms with Gasteiger partial charge in [0, 0.05) is 19.0 Å². The first-order chi connectivity index (χ1) is 13.2. The van der Waals surface area contributed by atoms with Crippen LogP contribution in [0.25, 0.3) is 11.1 Å². The summed E-state index contributed by atoms with van der Waals surface area (Å²) in [6, 6.07) is 15.1. The fourth-order valence-electron chi connectivity index (χ4n) is 3.41. The van der Waals surface area contributed by atoms with E-state index in [2.05, 4.69) is 4.98 Å². The van der Waals surface area contributed by atoms with Crippen LogP contribution in [0.5, 0.6) is 11.5 Å². The smallest absolute Gasteiger partial charge is 0.260 e. The Hall–Kier alpha value is -3.02. The molecule has 6 nitrogen and oxygen atoms in total. The molecule has 0 bridgehead atoms. The molecule has 1 saturated heterocycles. The number of amides is 1. The minimum atomic E-state index is -0.0167. The van der Waals surface area contributed by atoms with E-state index in [1.54, 1.807) is 13.2 Å². The number of hydrogen-bond donors (Lipinski definition) is 0. The van der Waals surface area contributed by atoms with Gasteiger partial charge in [-0.05, 0) is 37.1 Å². The monoisotopic (exact) mass is 366 g/mol. The molecule has 1 aromatic heterocycles. The third kappa shape index (κ3) is 3.74. The van der Waals surface area contributed by atoms with E-state index in [1.165, 1.54) is 0 Å². The van der Waals surface area contributed by atoms with Crippen molar-refractivity contribution in [3.05, 3.63) is 54.4 Å². The highest BCUT2D eigenvalue weighted by atomic mass is 16.5. The third-order valence-electron chi connectivity index (χ3n) is 4.93. The number of methoxy groups -OCH3 is 1. The summed E-state index contributed by atoms with van der Waals surface area (Å²) in [5.74, 6) is 2.21. The number of carbonyl (C=O) groups excluding carboxylic acids is 1. The molecule has 1 fully saturated rings. The highest BCUT2D eigenvalue weighted by Gasteiger charge is 2.27. The molecule has 2 heterocycles. The fourth-order valence-corrected chi connectivity index (χ4v) is 3.41. The van der Waals surface area contributed by atoms with Crippen molar-refractivity contribution in [2.45, 2.75) is 18.8 Å². The molecule has 6 heteroatoms. The molecule has 0 aliphatic carbocycles. The Bertz CT molecular complexity index is 896. The Morgan fingerprint density at radius 1 is 1.11 bits per heavy atom. The number of piperidine rings is 1. The summed E-state index contributed by atoms with van der Waals surface area (Å²) in [4.78, 5) is 18.9. The van der Waals surface area contributed by atoms with Gasteiger partial charge in [0.15, 0.2) is 29.6 Å². The highest BCUT2D eigenvalue weighted by molar-refractivity contribution is 5.78. The van der Waals surface area contributed by atoms with E-state index in [9.17, 15) is 4.79 Å². The van der Waals surface area contributed by atoms with Crippen molar-refractivity contribution < 1.29 is 18.7 Å². The standard InChI is InChI=1S/C21H22N2O4/c1-25-18-8-4-5-9-19(18)26-14-20(24)23-12-10-15(11-13-23)21-22-16-6-2-3-7-17(16)27-21/h2-9,15H,10-14H2,1H3. The van der Waals surface area contributed by atoms with E-state index >= 15 is 0 Å². The van der Waals surface area contributed by atoms with Gasteiger partial charge in [-0.2, -0.15) is 0 Å². The average molecular weight is 366 g/mol. The Morgan fingerprint density at radius 2 is 1.81 bits per heavy atom. The molecule has 3 aromatic rings. The predicted molar refractivity (Wildman–Crippen MR) is 101 cm³/mol. The summed E-state index contributed by atoms with van der Waals surface area (Å²) in [5.41, 5.74) is 1.70. The summed E-state index contributed by atoms with van der Waals surface area (Å²) in [6.45, 7) is 1.36. The maximum absolute atomic E-state index is 12.5. The molecule has 0 N–H and O–H groups in total. The van der Waals surface area contributed by atoms with Crippen molar-refractivity contribution in [3.8, 4) is 11.5 Å². The number of likely N-dealkylation sites (tertiary alicyclic amines) is 1. The van der Waals surface area contributed by atoms with Gasteiger partial charge in [-0.15, -0.1) is 0 Å². The van der Waals surface area contributed by atoms with E-state index in [-0.39, 0.29) is 18.4 Å². The first kappa shape index (κ1) is 17.4. The van der Waals surface area contributed by atoms with Gasteiger partial charge in [0.25, 0.3) is 5.91 Å². The van der Waals surface area contributed by atoms with Crippen LogP contribution in [0.15, 0.2) is 52.9 Å². The zero-order valence-electron chi connectivity index (χ0n) is 15.3. The number of rotatable bonds is 5. The van der Waals surface area contributed by atoms with Crippen molar-refractivity contribution in [3.63, 3.8) is 0 Å². The molecule has 1 aliphatic heterocycles. The zero-order valence-corrected chi connectivity index (χ0v) is 15.3. The maximum Gasteiger partial charge on any atom is 0.260 e. The first-order valence-corrected chi connectivity index (χ1v) is 9.13.